The van der Waals surface area contributed by atoms with Crippen LogP contribution in [0, 0.1) is 0 Å². The lowest BCUT2D eigenvalue weighted by molar-refractivity contribution is -0.0137. The number of halogens is 1. The summed E-state index contributed by atoms with van der Waals surface area (Å²) in [7, 11) is 2.11. The van der Waals surface area contributed by atoms with E-state index in [1.807, 2.05) is 12.1 Å². The van der Waals surface area contributed by atoms with E-state index in [1.165, 1.54) is 5.69 Å². The molecule has 24 heavy (non-hydrogen) atoms. The number of likely N-dealkylation sites (N-methyl/N-ethyl adjacent to an activating group) is 1. The van der Waals surface area contributed by atoms with Crippen LogP contribution in [0.3, 0.4) is 0 Å². The van der Waals surface area contributed by atoms with Gasteiger partial charge in [-0.25, -0.2) is 0 Å². The van der Waals surface area contributed by atoms with Crippen LogP contribution in [0.4, 0.5) is 5.69 Å². The number of guanidine groups is 1. The number of morpholine rings is 1. The van der Waals surface area contributed by atoms with Crippen molar-refractivity contribution in [1.82, 2.24) is 9.80 Å². The average molecular weight is 352 g/mol. The first-order valence-corrected chi connectivity index (χ1v) is 8.85. The van der Waals surface area contributed by atoms with E-state index in [0.29, 0.717) is 12.5 Å². The van der Waals surface area contributed by atoms with Gasteiger partial charge < -0.3 is 25.2 Å². The summed E-state index contributed by atoms with van der Waals surface area (Å²) >= 11 is 5.95. The highest BCUT2D eigenvalue weighted by Crippen LogP contribution is 2.19. The Morgan fingerprint density at radius 2 is 1.92 bits per heavy atom. The molecule has 1 aromatic carbocycles. The summed E-state index contributed by atoms with van der Waals surface area (Å²) in [5, 5.41) is 0.768. The Bertz CT molecular complexity index is 557. The minimum atomic E-state index is 0.151. The molecule has 2 heterocycles. The third-order valence-electron chi connectivity index (χ3n) is 4.59. The molecular weight excluding hydrogens is 326 g/mol. The summed E-state index contributed by atoms with van der Waals surface area (Å²) in [6, 6.07) is 7.99. The second kappa shape index (κ2) is 8.05. The van der Waals surface area contributed by atoms with E-state index in [-0.39, 0.29) is 6.10 Å². The van der Waals surface area contributed by atoms with Crippen molar-refractivity contribution in [3.05, 3.63) is 29.3 Å². The lowest BCUT2D eigenvalue weighted by Gasteiger charge is -2.37. The average Bonchev–Trinajstić information content (AvgIpc) is 2.61. The van der Waals surface area contributed by atoms with Crippen LogP contribution in [0.2, 0.25) is 5.02 Å². The number of benzene rings is 1. The van der Waals surface area contributed by atoms with E-state index >= 15 is 0 Å². The third kappa shape index (κ3) is 4.53. The normalized spacial score (nSPS) is 23.6. The standard InChI is InChI=1S/C17H26ClN5O/c1-21-10-11-24-16(13-21)12-20-17(19)23-8-6-22(7-9-23)15-4-2-14(18)3-5-15/h2-5,16H,6-13H2,1H3,(H2,19,20). The summed E-state index contributed by atoms with van der Waals surface area (Å²) in [5.74, 6) is 0.627. The monoisotopic (exact) mass is 351 g/mol. The van der Waals surface area contributed by atoms with Crippen LogP contribution in [0.1, 0.15) is 0 Å². The molecule has 1 atom stereocenters. The molecule has 0 aliphatic carbocycles. The minimum Gasteiger partial charge on any atom is -0.374 e. The second-order valence-electron chi connectivity index (χ2n) is 6.40. The maximum atomic E-state index is 6.18. The molecular formula is C17H26ClN5O. The van der Waals surface area contributed by atoms with Crippen molar-refractivity contribution in [2.24, 2.45) is 10.7 Å². The van der Waals surface area contributed by atoms with Crippen LogP contribution in [0.15, 0.2) is 29.3 Å². The lowest BCUT2D eigenvalue weighted by Crippen LogP contribution is -2.51. The Kier molecular flexibility index (Phi) is 5.81. The van der Waals surface area contributed by atoms with E-state index in [1.54, 1.807) is 0 Å². The molecule has 0 spiro atoms. The first kappa shape index (κ1) is 17.3. The molecule has 2 fully saturated rings. The van der Waals surface area contributed by atoms with Crippen molar-refractivity contribution in [2.75, 3.05) is 64.4 Å². The van der Waals surface area contributed by atoms with Crippen LogP contribution in [-0.4, -0.2) is 81.3 Å². The van der Waals surface area contributed by atoms with Gasteiger partial charge in [-0.3, -0.25) is 4.99 Å². The number of rotatable bonds is 3. The quantitative estimate of drug-likeness (QED) is 0.653. The summed E-state index contributed by atoms with van der Waals surface area (Å²) < 4.78 is 5.73. The molecule has 132 valence electrons. The van der Waals surface area contributed by atoms with Crippen molar-refractivity contribution >= 4 is 23.2 Å². The van der Waals surface area contributed by atoms with Crippen molar-refractivity contribution in [3.63, 3.8) is 0 Å². The fourth-order valence-electron chi connectivity index (χ4n) is 3.12. The van der Waals surface area contributed by atoms with Gasteiger partial charge in [0, 0.05) is 50.0 Å². The Morgan fingerprint density at radius 3 is 2.58 bits per heavy atom. The number of piperazine rings is 1. The highest BCUT2D eigenvalue weighted by atomic mass is 35.5. The van der Waals surface area contributed by atoms with E-state index in [9.17, 15) is 0 Å². The Morgan fingerprint density at radius 1 is 1.21 bits per heavy atom. The number of aliphatic imine (C=N–C) groups is 1. The Hall–Kier alpha value is -1.50. The summed E-state index contributed by atoms with van der Waals surface area (Å²) in [6.07, 6.45) is 0.151. The van der Waals surface area contributed by atoms with Gasteiger partial charge in [-0.2, -0.15) is 0 Å². The van der Waals surface area contributed by atoms with Crippen molar-refractivity contribution < 1.29 is 4.74 Å². The number of ether oxygens (including phenoxy) is 1. The topological polar surface area (TPSA) is 57.3 Å². The first-order chi connectivity index (χ1) is 11.6. The number of hydrogen-bond acceptors (Lipinski definition) is 4. The summed E-state index contributed by atoms with van der Waals surface area (Å²) in [4.78, 5) is 11.3. The molecule has 3 rings (SSSR count). The van der Waals surface area contributed by atoms with Crippen molar-refractivity contribution in [3.8, 4) is 0 Å². The van der Waals surface area contributed by atoms with Gasteiger partial charge in [-0.15, -0.1) is 0 Å². The molecule has 1 aromatic rings. The molecule has 0 radical (unpaired) electrons. The molecule has 0 saturated carbocycles. The fraction of sp³-hybridized carbons (Fsp3) is 0.588. The molecule has 2 aliphatic heterocycles. The summed E-state index contributed by atoms with van der Waals surface area (Å²) in [6.45, 7) is 6.93. The number of nitrogens with two attached hydrogens (primary N) is 1. The number of hydrogen-bond donors (Lipinski definition) is 1. The van der Waals surface area contributed by atoms with Crippen LogP contribution in [0.25, 0.3) is 0 Å². The fourth-order valence-corrected chi connectivity index (χ4v) is 3.24. The van der Waals surface area contributed by atoms with Gasteiger partial charge in [0.05, 0.1) is 19.3 Å². The van der Waals surface area contributed by atoms with Crippen LogP contribution in [0.5, 0.6) is 0 Å². The zero-order chi connectivity index (χ0) is 16.9. The maximum Gasteiger partial charge on any atom is 0.191 e. The molecule has 1 unspecified atom stereocenters. The first-order valence-electron chi connectivity index (χ1n) is 8.47. The minimum absolute atomic E-state index is 0.151. The predicted molar refractivity (Wildman–Crippen MR) is 99.0 cm³/mol. The largest absolute Gasteiger partial charge is 0.374 e. The lowest BCUT2D eigenvalue weighted by atomic mass is 10.2. The smallest absolute Gasteiger partial charge is 0.191 e. The molecule has 0 amide bonds. The van der Waals surface area contributed by atoms with Crippen molar-refractivity contribution in [2.45, 2.75) is 6.10 Å². The van der Waals surface area contributed by atoms with Gasteiger partial charge in [0.15, 0.2) is 5.96 Å². The van der Waals surface area contributed by atoms with E-state index in [0.717, 1.165) is 50.9 Å². The zero-order valence-electron chi connectivity index (χ0n) is 14.2. The molecule has 0 bridgehead atoms. The zero-order valence-corrected chi connectivity index (χ0v) is 15.0. The second-order valence-corrected chi connectivity index (χ2v) is 6.84. The molecule has 2 saturated heterocycles. The van der Waals surface area contributed by atoms with Gasteiger partial charge in [0.2, 0.25) is 0 Å². The number of anilines is 1. The Labute approximate surface area is 148 Å². The molecule has 0 aromatic heterocycles. The summed E-state index contributed by atoms with van der Waals surface area (Å²) in [5.41, 5.74) is 7.38. The van der Waals surface area contributed by atoms with Crippen LogP contribution < -0.4 is 10.6 Å². The van der Waals surface area contributed by atoms with Gasteiger partial charge in [-0.1, -0.05) is 11.6 Å². The predicted octanol–water partition coefficient (Wildman–Crippen LogP) is 1.11. The van der Waals surface area contributed by atoms with E-state index < -0.39 is 0 Å². The third-order valence-corrected chi connectivity index (χ3v) is 4.85. The highest BCUT2D eigenvalue weighted by molar-refractivity contribution is 6.30. The SMILES string of the molecule is CN1CCOC(CN=C(N)N2CCN(c3ccc(Cl)cc3)CC2)C1. The molecule has 2 N–H and O–H groups in total. The van der Waals surface area contributed by atoms with Gasteiger partial charge in [0.25, 0.3) is 0 Å². The van der Waals surface area contributed by atoms with Gasteiger partial charge >= 0.3 is 0 Å². The Balaban J connectivity index is 1.48. The molecule has 7 heteroatoms. The van der Waals surface area contributed by atoms with Crippen LogP contribution in [-0.2, 0) is 4.74 Å². The highest BCUT2D eigenvalue weighted by Gasteiger charge is 2.20. The molecule has 2 aliphatic rings. The number of nitrogens with zero attached hydrogens (tertiary/aromatic N) is 4. The van der Waals surface area contributed by atoms with Gasteiger partial charge in [0.1, 0.15) is 0 Å². The van der Waals surface area contributed by atoms with Crippen LogP contribution >= 0.6 is 11.6 Å². The maximum absolute atomic E-state index is 6.18. The van der Waals surface area contributed by atoms with E-state index in [4.69, 9.17) is 22.1 Å². The van der Waals surface area contributed by atoms with E-state index in [2.05, 4.69) is 38.9 Å². The molecule has 6 nitrogen and oxygen atoms in total. The van der Waals surface area contributed by atoms with Crippen molar-refractivity contribution in [1.29, 1.82) is 0 Å². The van der Waals surface area contributed by atoms with Gasteiger partial charge in [-0.05, 0) is 31.3 Å².